The first kappa shape index (κ1) is 19.5. The summed E-state index contributed by atoms with van der Waals surface area (Å²) in [5.74, 6) is 0.827. The molecule has 0 aromatic heterocycles. The van der Waals surface area contributed by atoms with Crippen LogP contribution in [-0.4, -0.2) is 34.3 Å². The van der Waals surface area contributed by atoms with E-state index >= 15 is 0 Å². The van der Waals surface area contributed by atoms with Crippen LogP contribution in [0.5, 0.6) is 0 Å². The number of nitrogens with zero attached hydrogens (tertiary/aromatic N) is 1. The number of carbonyl (C=O) groups is 1. The Morgan fingerprint density at radius 1 is 1.12 bits per heavy atom. The van der Waals surface area contributed by atoms with Crippen molar-refractivity contribution >= 4 is 11.9 Å². The molecule has 2 atom stereocenters. The molecule has 4 heteroatoms. The SMILES string of the molecule is CC(C)N(C(=O)O/C(=C\[C@H](C)[C@H](O)C1CC1)c1ccccc1)C(C)C. The molecule has 25 heavy (non-hydrogen) atoms. The minimum Gasteiger partial charge on any atom is -0.410 e. The Hall–Kier alpha value is -1.81. The molecule has 1 aliphatic rings. The fourth-order valence-electron chi connectivity index (χ4n) is 3.16. The summed E-state index contributed by atoms with van der Waals surface area (Å²) >= 11 is 0. The molecule has 0 saturated heterocycles. The number of amides is 1. The lowest BCUT2D eigenvalue weighted by Gasteiger charge is -2.30. The number of hydrogen-bond donors (Lipinski definition) is 1. The van der Waals surface area contributed by atoms with Crippen LogP contribution >= 0.6 is 0 Å². The number of hydrogen-bond acceptors (Lipinski definition) is 3. The first-order chi connectivity index (χ1) is 11.8. The van der Waals surface area contributed by atoms with Gasteiger partial charge < -0.3 is 14.7 Å². The summed E-state index contributed by atoms with van der Waals surface area (Å²) in [6.07, 6.45) is 3.30. The number of rotatable bonds is 7. The van der Waals surface area contributed by atoms with E-state index in [0.29, 0.717) is 11.7 Å². The fourth-order valence-corrected chi connectivity index (χ4v) is 3.16. The first-order valence-corrected chi connectivity index (χ1v) is 9.26. The Balaban J connectivity index is 2.24. The van der Waals surface area contributed by atoms with Crippen LogP contribution < -0.4 is 0 Å². The molecule has 0 unspecified atom stereocenters. The van der Waals surface area contributed by atoms with Gasteiger partial charge in [0.2, 0.25) is 0 Å². The van der Waals surface area contributed by atoms with Gasteiger partial charge in [0.25, 0.3) is 0 Å². The van der Waals surface area contributed by atoms with E-state index in [1.165, 1.54) is 0 Å². The van der Waals surface area contributed by atoms with Gasteiger partial charge in [0, 0.05) is 23.6 Å². The fraction of sp³-hybridized carbons (Fsp3) is 0.571. The molecule has 1 fully saturated rings. The van der Waals surface area contributed by atoms with E-state index in [2.05, 4.69) is 0 Å². The molecule has 0 radical (unpaired) electrons. The lowest BCUT2D eigenvalue weighted by Crippen LogP contribution is -2.42. The second-order valence-electron chi connectivity index (χ2n) is 7.55. The summed E-state index contributed by atoms with van der Waals surface area (Å²) in [5, 5.41) is 10.4. The minimum atomic E-state index is -0.385. The Kier molecular flexibility index (Phi) is 6.65. The average Bonchev–Trinajstić information content (AvgIpc) is 3.38. The van der Waals surface area contributed by atoms with Crippen LogP contribution in [0.25, 0.3) is 5.76 Å². The molecule has 4 nitrogen and oxygen atoms in total. The minimum absolute atomic E-state index is 0.0546. The van der Waals surface area contributed by atoms with E-state index in [1.807, 2.05) is 71.0 Å². The number of aliphatic hydroxyl groups is 1. The van der Waals surface area contributed by atoms with Crippen LogP contribution in [0.1, 0.15) is 53.0 Å². The number of aliphatic hydroxyl groups excluding tert-OH is 1. The van der Waals surface area contributed by atoms with Gasteiger partial charge >= 0.3 is 6.09 Å². The van der Waals surface area contributed by atoms with Gasteiger partial charge in [-0.15, -0.1) is 0 Å². The molecule has 0 heterocycles. The van der Waals surface area contributed by atoms with Crippen molar-refractivity contribution in [3.63, 3.8) is 0 Å². The quantitative estimate of drug-likeness (QED) is 0.729. The van der Waals surface area contributed by atoms with Gasteiger partial charge in [-0.1, -0.05) is 37.3 Å². The normalized spacial score (nSPS) is 17.5. The summed E-state index contributed by atoms with van der Waals surface area (Å²) < 4.78 is 5.78. The van der Waals surface area contributed by atoms with Gasteiger partial charge in [0.15, 0.2) is 0 Å². The molecule has 0 spiro atoms. The van der Waals surface area contributed by atoms with Crippen LogP contribution in [0, 0.1) is 11.8 Å². The molecule has 1 amide bonds. The van der Waals surface area contributed by atoms with E-state index in [4.69, 9.17) is 4.74 Å². The van der Waals surface area contributed by atoms with Crippen LogP contribution in [0.3, 0.4) is 0 Å². The molecular weight excluding hydrogens is 314 g/mol. The van der Waals surface area contributed by atoms with Gasteiger partial charge in [-0.2, -0.15) is 0 Å². The standard InChI is InChI=1S/C21H31NO3/c1-14(2)22(15(3)4)21(24)25-19(17-9-7-6-8-10-17)13-16(5)20(23)18-11-12-18/h6-10,13-16,18,20,23H,11-12H2,1-5H3/b19-13-/t16-,20-/m0/s1. The average molecular weight is 345 g/mol. The van der Waals surface area contributed by atoms with Crippen molar-refractivity contribution < 1.29 is 14.6 Å². The predicted molar refractivity (Wildman–Crippen MR) is 101 cm³/mol. The van der Waals surface area contributed by atoms with E-state index < -0.39 is 0 Å². The van der Waals surface area contributed by atoms with E-state index in [9.17, 15) is 9.90 Å². The van der Waals surface area contributed by atoms with Crippen molar-refractivity contribution in [3.05, 3.63) is 42.0 Å². The molecule has 0 aliphatic heterocycles. The van der Waals surface area contributed by atoms with Crippen LogP contribution in [0.4, 0.5) is 4.79 Å². The predicted octanol–water partition coefficient (Wildman–Crippen LogP) is 4.69. The van der Waals surface area contributed by atoms with E-state index in [0.717, 1.165) is 18.4 Å². The monoisotopic (exact) mass is 345 g/mol. The molecule has 1 aromatic rings. The van der Waals surface area contributed by atoms with Gasteiger partial charge in [-0.25, -0.2) is 4.79 Å². The Bertz CT molecular complexity index is 582. The topological polar surface area (TPSA) is 49.8 Å². The maximum atomic E-state index is 12.7. The molecule has 1 aliphatic carbocycles. The molecule has 2 rings (SSSR count). The molecular formula is C21H31NO3. The lowest BCUT2D eigenvalue weighted by molar-refractivity contribution is 0.108. The van der Waals surface area contributed by atoms with Crippen LogP contribution in [0.15, 0.2) is 36.4 Å². The Morgan fingerprint density at radius 3 is 2.16 bits per heavy atom. The zero-order chi connectivity index (χ0) is 18.6. The van der Waals surface area contributed by atoms with Gasteiger partial charge in [-0.3, -0.25) is 0 Å². The zero-order valence-corrected chi connectivity index (χ0v) is 16.0. The molecule has 1 saturated carbocycles. The van der Waals surface area contributed by atoms with Crippen molar-refractivity contribution in [2.45, 2.75) is 65.6 Å². The number of benzene rings is 1. The maximum absolute atomic E-state index is 12.7. The lowest BCUT2D eigenvalue weighted by atomic mass is 9.98. The van der Waals surface area contributed by atoms with Gasteiger partial charge in [0.1, 0.15) is 5.76 Å². The molecule has 0 bridgehead atoms. The maximum Gasteiger partial charge on any atom is 0.415 e. The van der Waals surface area contributed by atoms with Crippen molar-refractivity contribution in [3.8, 4) is 0 Å². The summed E-state index contributed by atoms with van der Waals surface area (Å²) in [5.41, 5.74) is 0.846. The molecule has 138 valence electrons. The summed E-state index contributed by atoms with van der Waals surface area (Å²) in [4.78, 5) is 14.4. The third-order valence-corrected chi connectivity index (χ3v) is 4.64. The molecule has 1 aromatic carbocycles. The van der Waals surface area contributed by atoms with E-state index in [1.54, 1.807) is 4.90 Å². The third kappa shape index (κ3) is 5.33. The van der Waals surface area contributed by atoms with Crippen molar-refractivity contribution in [1.29, 1.82) is 0 Å². The second-order valence-corrected chi connectivity index (χ2v) is 7.55. The third-order valence-electron chi connectivity index (χ3n) is 4.64. The Morgan fingerprint density at radius 2 is 1.68 bits per heavy atom. The second kappa shape index (κ2) is 8.52. The molecule has 1 N–H and O–H groups in total. The smallest absolute Gasteiger partial charge is 0.410 e. The first-order valence-electron chi connectivity index (χ1n) is 9.26. The van der Waals surface area contributed by atoms with Gasteiger partial charge in [-0.05, 0) is 52.5 Å². The van der Waals surface area contributed by atoms with Crippen molar-refractivity contribution in [2.75, 3.05) is 0 Å². The number of carbonyl (C=O) groups excluding carboxylic acids is 1. The largest absolute Gasteiger partial charge is 0.415 e. The van der Waals surface area contributed by atoms with Crippen LogP contribution in [-0.2, 0) is 4.74 Å². The summed E-state index contributed by atoms with van der Waals surface area (Å²) in [7, 11) is 0. The highest BCUT2D eigenvalue weighted by molar-refractivity contribution is 5.77. The van der Waals surface area contributed by atoms with E-state index in [-0.39, 0.29) is 30.2 Å². The highest BCUT2D eigenvalue weighted by Gasteiger charge is 2.33. The number of ether oxygens (including phenoxy) is 1. The Labute approximate surface area is 151 Å². The highest BCUT2D eigenvalue weighted by atomic mass is 16.6. The van der Waals surface area contributed by atoms with Gasteiger partial charge in [0.05, 0.1) is 6.10 Å². The zero-order valence-electron chi connectivity index (χ0n) is 16.0. The van der Waals surface area contributed by atoms with Crippen molar-refractivity contribution in [2.24, 2.45) is 11.8 Å². The highest BCUT2D eigenvalue weighted by Crippen LogP contribution is 2.36. The summed E-state index contributed by atoms with van der Waals surface area (Å²) in [6.45, 7) is 9.89. The van der Waals surface area contributed by atoms with Crippen LogP contribution in [0.2, 0.25) is 0 Å². The van der Waals surface area contributed by atoms with Crippen molar-refractivity contribution in [1.82, 2.24) is 4.90 Å². The summed E-state index contributed by atoms with van der Waals surface area (Å²) in [6, 6.07) is 9.72.